The molecule has 0 aliphatic carbocycles. The number of aryl methyl sites for hydroxylation is 1. The molecule has 1 saturated heterocycles. The summed E-state index contributed by atoms with van der Waals surface area (Å²) >= 11 is 0. The predicted molar refractivity (Wildman–Crippen MR) is 92.2 cm³/mol. The molecule has 124 valence electrons. The van der Waals surface area contributed by atoms with Gasteiger partial charge in [0.15, 0.2) is 5.65 Å². The van der Waals surface area contributed by atoms with E-state index in [1.54, 1.807) is 0 Å². The first kappa shape index (κ1) is 15.3. The van der Waals surface area contributed by atoms with Gasteiger partial charge in [-0.15, -0.1) is 0 Å². The van der Waals surface area contributed by atoms with E-state index in [1.165, 1.54) is 12.1 Å². The van der Waals surface area contributed by atoms with Crippen LogP contribution in [0.2, 0.25) is 0 Å². The molecule has 0 saturated carbocycles. The summed E-state index contributed by atoms with van der Waals surface area (Å²) in [6, 6.07) is 10.8. The molecule has 24 heavy (non-hydrogen) atoms. The summed E-state index contributed by atoms with van der Waals surface area (Å²) in [4.78, 5) is 11.8. The van der Waals surface area contributed by atoms with E-state index in [1.807, 2.05) is 30.5 Å². The lowest BCUT2D eigenvalue weighted by atomic mass is 10.1. The molecule has 1 aliphatic heterocycles. The Balaban J connectivity index is 1.53. The topological polar surface area (TPSA) is 34.0 Å². The van der Waals surface area contributed by atoms with Gasteiger partial charge in [-0.05, 0) is 49.7 Å². The molecule has 1 aromatic carbocycles. The maximum atomic E-state index is 13.0. The van der Waals surface area contributed by atoms with E-state index in [-0.39, 0.29) is 5.82 Å². The van der Waals surface area contributed by atoms with Crippen molar-refractivity contribution >= 4 is 11.2 Å². The predicted octanol–water partition coefficient (Wildman–Crippen LogP) is 3.58. The van der Waals surface area contributed by atoms with Crippen LogP contribution in [0.1, 0.15) is 30.7 Å². The zero-order valence-electron chi connectivity index (χ0n) is 13.8. The number of rotatable bonds is 4. The van der Waals surface area contributed by atoms with Crippen molar-refractivity contribution in [1.29, 1.82) is 0 Å². The highest BCUT2D eigenvalue weighted by Gasteiger charge is 2.28. The maximum Gasteiger partial charge on any atom is 0.159 e. The first-order valence-corrected chi connectivity index (χ1v) is 8.52. The Kier molecular flexibility index (Phi) is 4.02. The molecule has 0 amide bonds. The molecule has 4 nitrogen and oxygen atoms in total. The highest BCUT2D eigenvalue weighted by Crippen LogP contribution is 2.29. The third-order valence-corrected chi connectivity index (χ3v) is 4.81. The maximum absolute atomic E-state index is 13.0. The molecule has 1 atom stereocenters. The third-order valence-electron chi connectivity index (χ3n) is 4.81. The van der Waals surface area contributed by atoms with Gasteiger partial charge in [0.2, 0.25) is 0 Å². The van der Waals surface area contributed by atoms with Crippen LogP contribution in [0.4, 0.5) is 4.39 Å². The van der Waals surface area contributed by atoms with Crippen LogP contribution in [0.15, 0.2) is 42.6 Å². The van der Waals surface area contributed by atoms with Crippen molar-refractivity contribution in [3.63, 3.8) is 0 Å². The summed E-state index contributed by atoms with van der Waals surface area (Å²) in [5, 5.41) is 0. The average Bonchev–Trinajstić information content (AvgIpc) is 3.20. The Morgan fingerprint density at radius 3 is 2.83 bits per heavy atom. The van der Waals surface area contributed by atoms with Crippen LogP contribution in [0.5, 0.6) is 0 Å². The Bertz CT molecular complexity index is 840. The monoisotopic (exact) mass is 324 g/mol. The lowest BCUT2D eigenvalue weighted by Gasteiger charge is -2.16. The normalized spacial score (nSPS) is 18.5. The third kappa shape index (κ3) is 2.80. The van der Waals surface area contributed by atoms with Gasteiger partial charge in [-0.3, -0.25) is 4.90 Å². The standard InChI is InChI=1S/C19H21FN4/c1-2-24-18(22-17-4-3-10-21-19(17)24)15-9-11-23(13-15)12-14-5-7-16(20)8-6-14/h3-8,10,15H,2,9,11-13H2,1H3. The van der Waals surface area contributed by atoms with E-state index >= 15 is 0 Å². The molecule has 1 aliphatic rings. The molecule has 3 aromatic rings. The number of nitrogens with zero attached hydrogens (tertiary/aromatic N) is 4. The van der Waals surface area contributed by atoms with E-state index in [4.69, 9.17) is 4.98 Å². The number of pyridine rings is 1. The number of hydrogen-bond donors (Lipinski definition) is 0. The number of hydrogen-bond acceptors (Lipinski definition) is 3. The Hall–Kier alpha value is -2.27. The van der Waals surface area contributed by atoms with Crippen molar-refractivity contribution < 1.29 is 4.39 Å². The largest absolute Gasteiger partial charge is 0.313 e. The molecule has 0 spiro atoms. The molecule has 1 fully saturated rings. The zero-order valence-corrected chi connectivity index (χ0v) is 13.8. The van der Waals surface area contributed by atoms with Crippen molar-refractivity contribution in [2.24, 2.45) is 0 Å². The molecular formula is C19H21FN4. The first-order chi connectivity index (χ1) is 11.7. The zero-order chi connectivity index (χ0) is 16.5. The molecule has 1 unspecified atom stereocenters. The van der Waals surface area contributed by atoms with Gasteiger partial charge in [-0.1, -0.05) is 12.1 Å². The number of benzene rings is 1. The minimum Gasteiger partial charge on any atom is -0.313 e. The smallest absolute Gasteiger partial charge is 0.159 e. The first-order valence-electron chi connectivity index (χ1n) is 8.52. The quantitative estimate of drug-likeness (QED) is 0.735. The van der Waals surface area contributed by atoms with Crippen molar-refractivity contribution in [2.75, 3.05) is 13.1 Å². The molecule has 5 heteroatoms. The van der Waals surface area contributed by atoms with Crippen LogP contribution < -0.4 is 0 Å². The van der Waals surface area contributed by atoms with Crippen LogP contribution in [-0.2, 0) is 13.1 Å². The molecule has 0 radical (unpaired) electrons. The summed E-state index contributed by atoms with van der Waals surface area (Å²) in [5.41, 5.74) is 3.11. The van der Waals surface area contributed by atoms with E-state index in [9.17, 15) is 4.39 Å². The number of likely N-dealkylation sites (tertiary alicyclic amines) is 1. The number of imidazole rings is 1. The fraction of sp³-hybridized carbons (Fsp3) is 0.368. The average molecular weight is 324 g/mol. The lowest BCUT2D eigenvalue weighted by molar-refractivity contribution is 0.325. The van der Waals surface area contributed by atoms with E-state index in [0.29, 0.717) is 5.92 Å². The second-order valence-electron chi connectivity index (χ2n) is 6.41. The second kappa shape index (κ2) is 6.32. The van der Waals surface area contributed by atoms with Gasteiger partial charge in [0.1, 0.15) is 17.2 Å². The summed E-state index contributed by atoms with van der Waals surface area (Å²) in [5.74, 6) is 1.40. The van der Waals surface area contributed by atoms with Gasteiger partial charge in [0.25, 0.3) is 0 Å². The van der Waals surface area contributed by atoms with Gasteiger partial charge < -0.3 is 4.57 Å². The van der Waals surface area contributed by atoms with Gasteiger partial charge >= 0.3 is 0 Å². The Morgan fingerprint density at radius 2 is 2.04 bits per heavy atom. The molecule has 4 rings (SSSR count). The molecular weight excluding hydrogens is 303 g/mol. The van der Waals surface area contributed by atoms with Gasteiger partial charge in [-0.25, -0.2) is 14.4 Å². The second-order valence-corrected chi connectivity index (χ2v) is 6.41. The Labute approximate surface area is 141 Å². The highest BCUT2D eigenvalue weighted by molar-refractivity contribution is 5.71. The van der Waals surface area contributed by atoms with Crippen molar-refractivity contribution in [3.05, 3.63) is 59.8 Å². The minimum atomic E-state index is -0.179. The molecule has 3 heterocycles. The summed E-state index contributed by atoms with van der Waals surface area (Å²) in [6.45, 7) is 5.92. The van der Waals surface area contributed by atoms with E-state index in [2.05, 4.69) is 21.4 Å². The summed E-state index contributed by atoms with van der Waals surface area (Å²) < 4.78 is 15.3. The van der Waals surface area contributed by atoms with Crippen LogP contribution >= 0.6 is 0 Å². The van der Waals surface area contributed by atoms with Crippen LogP contribution in [0.25, 0.3) is 11.2 Å². The van der Waals surface area contributed by atoms with Crippen molar-refractivity contribution in [3.8, 4) is 0 Å². The van der Waals surface area contributed by atoms with E-state index < -0.39 is 0 Å². The SMILES string of the molecule is CCn1c(C2CCN(Cc3ccc(F)cc3)C2)nc2cccnc21. The van der Waals surface area contributed by atoms with Crippen LogP contribution in [0.3, 0.4) is 0 Å². The van der Waals surface area contributed by atoms with Crippen molar-refractivity contribution in [1.82, 2.24) is 19.4 Å². The van der Waals surface area contributed by atoms with E-state index in [0.717, 1.165) is 55.2 Å². The Morgan fingerprint density at radius 1 is 1.21 bits per heavy atom. The minimum absolute atomic E-state index is 0.179. The van der Waals surface area contributed by atoms with Gasteiger partial charge in [-0.2, -0.15) is 0 Å². The van der Waals surface area contributed by atoms with Crippen LogP contribution in [0, 0.1) is 5.82 Å². The number of aromatic nitrogens is 3. The van der Waals surface area contributed by atoms with Crippen molar-refractivity contribution in [2.45, 2.75) is 32.4 Å². The number of halogens is 1. The molecule has 0 bridgehead atoms. The summed E-state index contributed by atoms with van der Waals surface area (Å²) in [6.07, 6.45) is 2.93. The molecule has 0 N–H and O–H groups in total. The highest BCUT2D eigenvalue weighted by atomic mass is 19.1. The van der Waals surface area contributed by atoms with Gasteiger partial charge in [0.05, 0.1) is 0 Å². The fourth-order valence-electron chi connectivity index (χ4n) is 3.63. The lowest BCUT2D eigenvalue weighted by Crippen LogP contribution is -2.20. The molecule has 2 aromatic heterocycles. The fourth-order valence-corrected chi connectivity index (χ4v) is 3.63. The number of fused-ring (bicyclic) bond motifs is 1. The van der Waals surface area contributed by atoms with Gasteiger partial charge in [0, 0.05) is 31.7 Å². The van der Waals surface area contributed by atoms with Crippen LogP contribution in [-0.4, -0.2) is 32.5 Å². The summed E-state index contributed by atoms with van der Waals surface area (Å²) in [7, 11) is 0.